The van der Waals surface area contributed by atoms with E-state index in [1.54, 1.807) is 0 Å². The van der Waals surface area contributed by atoms with Crippen LogP contribution < -0.4 is 14.0 Å². The molecule has 0 amide bonds. The van der Waals surface area contributed by atoms with Crippen LogP contribution in [-0.2, 0) is 14.4 Å². The zero-order chi connectivity index (χ0) is 19.4. The molecule has 140 valence electrons. The van der Waals surface area contributed by atoms with E-state index in [9.17, 15) is 4.21 Å². The van der Waals surface area contributed by atoms with Gasteiger partial charge in [-0.15, -0.1) is 0 Å². The highest BCUT2D eigenvalue weighted by Crippen LogP contribution is 2.33. The zero-order valence-corrected chi connectivity index (χ0v) is 16.9. The third-order valence-corrected chi connectivity index (χ3v) is 6.50. The third-order valence-electron chi connectivity index (χ3n) is 4.28. The van der Waals surface area contributed by atoms with E-state index in [1.807, 2.05) is 117 Å². The van der Waals surface area contributed by atoms with Gasteiger partial charge < -0.3 is 9.80 Å². The molecule has 0 atom stereocenters. The van der Waals surface area contributed by atoms with E-state index in [-0.39, 0.29) is 0 Å². The third kappa shape index (κ3) is 4.14. The fraction of sp³-hybridized carbons (Fsp3) is 0.182. The first kappa shape index (κ1) is 19.0. The van der Waals surface area contributed by atoms with E-state index in [4.69, 9.17) is 4.18 Å². The predicted octanol–water partition coefficient (Wildman–Crippen LogP) is 4.73. The molecule has 3 rings (SSSR count). The van der Waals surface area contributed by atoms with Crippen LogP contribution in [0.15, 0.2) is 88.7 Å². The van der Waals surface area contributed by atoms with Crippen LogP contribution in [0.25, 0.3) is 0 Å². The maximum Gasteiger partial charge on any atom is 0.325 e. The molecule has 0 saturated heterocycles. The molecule has 0 radical (unpaired) electrons. The van der Waals surface area contributed by atoms with Crippen LogP contribution >= 0.6 is 0 Å². The van der Waals surface area contributed by atoms with Gasteiger partial charge >= 0.3 is 10.2 Å². The van der Waals surface area contributed by atoms with Gasteiger partial charge in [0, 0.05) is 39.6 Å². The number of rotatable bonds is 6. The molecule has 3 aromatic rings. The predicted molar refractivity (Wildman–Crippen MR) is 113 cm³/mol. The molecular formula is C22H25N2O2S+. The van der Waals surface area contributed by atoms with Gasteiger partial charge in [0.15, 0.2) is 5.75 Å². The summed E-state index contributed by atoms with van der Waals surface area (Å²) in [5.41, 5.74) is 2.09. The summed E-state index contributed by atoms with van der Waals surface area (Å²) >= 11 is 0. The van der Waals surface area contributed by atoms with Gasteiger partial charge in [-0.2, -0.15) is 0 Å². The van der Waals surface area contributed by atoms with Crippen LogP contribution in [0.4, 0.5) is 11.4 Å². The molecule has 0 heterocycles. The average molecular weight is 382 g/mol. The quantitative estimate of drug-likeness (QED) is 0.578. The van der Waals surface area contributed by atoms with Crippen LogP contribution in [0.2, 0.25) is 0 Å². The molecule has 0 bridgehead atoms. The summed E-state index contributed by atoms with van der Waals surface area (Å²) in [4.78, 5) is 5.31. The number of para-hydroxylation sites is 1. The summed E-state index contributed by atoms with van der Waals surface area (Å²) in [7, 11) is 4.99. The summed E-state index contributed by atoms with van der Waals surface area (Å²) in [5, 5.41) is 0. The Hall–Kier alpha value is -2.79. The molecule has 0 aromatic heterocycles. The monoisotopic (exact) mass is 381 g/mol. The highest BCUT2D eigenvalue weighted by atomic mass is 32.3. The molecule has 0 aliphatic heterocycles. The van der Waals surface area contributed by atoms with Gasteiger partial charge in [-0.3, -0.25) is 4.18 Å². The lowest BCUT2D eigenvalue weighted by Crippen LogP contribution is -2.20. The highest BCUT2D eigenvalue weighted by Gasteiger charge is 2.38. The molecule has 0 aliphatic rings. The second-order valence-corrected chi connectivity index (χ2v) is 8.79. The van der Waals surface area contributed by atoms with E-state index in [0.29, 0.717) is 15.5 Å². The van der Waals surface area contributed by atoms with Crippen molar-refractivity contribution >= 4 is 21.6 Å². The van der Waals surface area contributed by atoms with Crippen LogP contribution in [-0.4, -0.2) is 28.2 Å². The topological polar surface area (TPSA) is 32.8 Å². The Morgan fingerprint density at radius 3 is 1.41 bits per heavy atom. The molecule has 0 saturated carbocycles. The van der Waals surface area contributed by atoms with Crippen molar-refractivity contribution in [1.29, 1.82) is 0 Å². The van der Waals surface area contributed by atoms with Gasteiger partial charge in [0.05, 0.1) is 0 Å². The van der Waals surface area contributed by atoms with Crippen molar-refractivity contribution in [3.63, 3.8) is 0 Å². The van der Waals surface area contributed by atoms with Gasteiger partial charge in [-0.05, 0) is 64.9 Å². The van der Waals surface area contributed by atoms with Crippen LogP contribution in [0, 0.1) is 0 Å². The molecule has 0 aliphatic carbocycles. The Morgan fingerprint density at radius 2 is 1.04 bits per heavy atom. The van der Waals surface area contributed by atoms with Crippen LogP contribution in [0.1, 0.15) is 0 Å². The van der Waals surface area contributed by atoms with E-state index in [0.717, 1.165) is 11.4 Å². The first-order chi connectivity index (χ1) is 12.9. The second-order valence-electron chi connectivity index (χ2n) is 6.68. The Kier molecular flexibility index (Phi) is 5.51. The maximum absolute atomic E-state index is 14.1. The minimum absolute atomic E-state index is 0.580. The Balaban J connectivity index is 2.06. The van der Waals surface area contributed by atoms with Gasteiger partial charge in [0.25, 0.3) is 0 Å². The summed E-state index contributed by atoms with van der Waals surface area (Å²) in [6.07, 6.45) is 0. The fourth-order valence-corrected chi connectivity index (χ4v) is 4.53. The van der Waals surface area contributed by atoms with Crippen molar-refractivity contribution in [3.05, 3.63) is 78.9 Å². The van der Waals surface area contributed by atoms with Gasteiger partial charge in [-0.1, -0.05) is 18.2 Å². The van der Waals surface area contributed by atoms with Crippen molar-refractivity contribution in [1.82, 2.24) is 0 Å². The highest BCUT2D eigenvalue weighted by molar-refractivity contribution is 7.99. The number of hydrogen-bond donors (Lipinski definition) is 0. The number of nitrogens with zero attached hydrogens (tertiary/aromatic N) is 2. The number of anilines is 2. The van der Waals surface area contributed by atoms with Crippen molar-refractivity contribution < 1.29 is 8.39 Å². The number of hydrogen-bond acceptors (Lipinski definition) is 4. The van der Waals surface area contributed by atoms with E-state index >= 15 is 0 Å². The SMILES string of the molecule is CN(C)c1ccc([S+](=O)(Oc2ccccc2)c2ccc(N(C)C)cc2)cc1. The largest absolute Gasteiger partial charge is 0.378 e. The molecule has 0 unspecified atom stereocenters. The van der Waals surface area contributed by atoms with Crippen molar-refractivity contribution in [3.8, 4) is 5.75 Å². The fourth-order valence-electron chi connectivity index (χ4n) is 2.69. The summed E-state index contributed by atoms with van der Waals surface area (Å²) in [6.45, 7) is 0. The smallest absolute Gasteiger partial charge is 0.325 e. The van der Waals surface area contributed by atoms with Crippen LogP contribution in [0.5, 0.6) is 5.75 Å². The molecule has 5 heteroatoms. The Labute approximate surface area is 162 Å². The van der Waals surface area contributed by atoms with E-state index in [2.05, 4.69) is 0 Å². The van der Waals surface area contributed by atoms with Crippen molar-refractivity contribution in [2.75, 3.05) is 38.0 Å². The Bertz CT molecular complexity index is 865. The van der Waals surface area contributed by atoms with Gasteiger partial charge in [0.1, 0.15) is 0 Å². The average Bonchev–Trinajstić information content (AvgIpc) is 2.69. The lowest BCUT2D eigenvalue weighted by atomic mass is 10.3. The summed E-state index contributed by atoms with van der Waals surface area (Å²) in [5.74, 6) is 0.580. The standard InChI is InChI=1S/C22H25N2O2S/c1-23(2)18-10-14-21(15-11-18)27(25,26-20-8-6-5-7-9-20)22-16-12-19(13-17-22)24(3)4/h5-17H,1-4H3/q+1. The molecule has 0 fully saturated rings. The normalized spacial score (nSPS) is 11.1. The van der Waals surface area contributed by atoms with Crippen LogP contribution in [0.3, 0.4) is 0 Å². The molecule has 0 spiro atoms. The van der Waals surface area contributed by atoms with Gasteiger partial charge in [-0.25, -0.2) is 0 Å². The maximum atomic E-state index is 14.1. The Morgan fingerprint density at radius 1 is 0.630 bits per heavy atom. The molecule has 4 nitrogen and oxygen atoms in total. The molecule has 0 N–H and O–H groups in total. The molecule has 3 aromatic carbocycles. The lowest BCUT2D eigenvalue weighted by Gasteiger charge is -2.16. The molecule has 27 heavy (non-hydrogen) atoms. The first-order valence-electron chi connectivity index (χ1n) is 8.74. The van der Waals surface area contributed by atoms with E-state index in [1.165, 1.54) is 0 Å². The lowest BCUT2D eigenvalue weighted by molar-refractivity contribution is 0.499. The van der Waals surface area contributed by atoms with E-state index < -0.39 is 10.2 Å². The van der Waals surface area contributed by atoms with Gasteiger partial charge in [0.2, 0.25) is 9.79 Å². The minimum atomic E-state index is -2.92. The van der Waals surface area contributed by atoms with Crippen molar-refractivity contribution in [2.24, 2.45) is 0 Å². The van der Waals surface area contributed by atoms with Crippen molar-refractivity contribution in [2.45, 2.75) is 9.79 Å². The minimum Gasteiger partial charge on any atom is -0.378 e. The summed E-state index contributed by atoms with van der Waals surface area (Å²) < 4.78 is 20.1. The first-order valence-corrected chi connectivity index (χ1v) is 10.2. The second kappa shape index (κ2) is 7.84. The molecular weight excluding hydrogens is 356 g/mol. The summed E-state index contributed by atoms with van der Waals surface area (Å²) in [6, 6.07) is 24.6. The zero-order valence-electron chi connectivity index (χ0n) is 16.1. The number of benzene rings is 3.